The van der Waals surface area contributed by atoms with Crippen molar-refractivity contribution in [2.24, 2.45) is 0 Å². The number of nitriles is 4. The highest BCUT2D eigenvalue weighted by atomic mass is 35.5. The highest BCUT2D eigenvalue weighted by molar-refractivity contribution is 6.30. The van der Waals surface area contributed by atoms with E-state index in [1.165, 1.54) is 6.20 Å². The van der Waals surface area contributed by atoms with E-state index in [1.54, 1.807) is 68.7 Å². The van der Waals surface area contributed by atoms with Crippen molar-refractivity contribution in [3.63, 3.8) is 0 Å². The van der Waals surface area contributed by atoms with Gasteiger partial charge in [0.15, 0.2) is 0 Å². The second kappa shape index (κ2) is 19.0. The van der Waals surface area contributed by atoms with Gasteiger partial charge in [0.2, 0.25) is 0 Å². The number of rotatable bonds is 9. The lowest BCUT2D eigenvalue weighted by Gasteiger charge is -2.37. The van der Waals surface area contributed by atoms with E-state index in [9.17, 15) is 35.7 Å². The van der Waals surface area contributed by atoms with Crippen LogP contribution >= 0.6 is 11.6 Å². The third-order valence-electron chi connectivity index (χ3n) is 10.8. The van der Waals surface area contributed by atoms with Crippen molar-refractivity contribution >= 4 is 40.6 Å². The average Bonchev–Trinajstić information content (AvgIpc) is 3.29. The molecule has 64 heavy (non-hydrogen) atoms. The van der Waals surface area contributed by atoms with Crippen molar-refractivity contribution in [3.8, 4) is 46.5 Å². The summed E-state index contributed by atoms with van der Waals surface area (Å²) in [6, 6.07) is 33.5. The van der Waals surface area contributed by atoms with Gasteiger partial charge in [-0.3, -0.25) is 14.6 Å². The number of hydrogen-bond donors (Lipinski definition) is 3. The lowest BCUT2D eigenvalue weighted by Crippen LogP contribution is -2.51. The zero-order valence-electron chi connectivity index (χ0n) is 36.0. The van der Waals surface area contributed by atoms with Crippen LogP contribution in [-0.2, 0) is 10.8 Å². The van der Waals surface area contributed by atoms with E-state index in [0.29, 0.717) is 58.2 Å². The molecule has 1 aliphatic heterocycles. The van der Waals surface area contributed by atoms with Crippen LogP contribution in [0.15, 0.2) is 104 Å². The second-order valence-electron chi connectivity index (χ2n) is 16.4. The summed E-state index contributed by atoms with van der Waals surface area (Å²) in [5.74, 6) is -0.0190. The summed E-state index contributed by atoms with van der Waals surface area (Å²) in [7, 11) is 0. The molecule has 3 aromatic carbocycles. The maximum atomic E-state index is 12.9. The summed E-state index contributed by atoms with van der Waals surface area (Å²) < 4.78 is 0. The number of aryl methyl sites for hydroxylation is 2. The number of amides is 2. The normalized spacial score (nSPS) is 12.2. The Balaban J connectivity index is 0.000000214. The molecule has 0 atom stereocenters. The smallest absolute Gasteiger partial charge is 0.255 e. The molecule has 1 aliphatic rings. The summed E-state index contributed by atoms with van der Waals surface area (Å²) >= 11 is 5.94. The first-order chi connectivity index (χ1) is 30.5. The Morgan fingerprint density at radius 1 is 0.703 bits per heavy atom. The van der Waals surface area contributed by atoms with E-state index in [1.807, 2.05) is 81.1 Å². The standard InChI is InChI=1S/C26H24N6O2.C24H19ClN4O/c1-16-4-5-20(31-25(34)17-6-7-29-23(9-17)26(2,3)15-28)10-22(16)19-8-18(11-27)24(30-12-19)32-13-21(33)14-32;1-15-7-8-20(11-21(15)18-9-17(12-26)22(25)28-13-18)29-23(30)16-5-4-6-19(10-16)24(2,3)14-27/h4-10,12,21,33H,13-14H2,1-3H3,(H,31,34);4-11,13H,1-3H3,(H,29,30). The van der Waals surface area contributed by atoms with Gasteiger partial charge in [-0.1, -0.05) is 35.9 Å². The number of hydrogen-bond acceptors (Lipinski definition) is 11. The number of nitrogens with zero attached hydrogens (tertiary/aromatic N) is 8. The Hall–Kier alpha value is -7.94. The van der Waals surface area contributed by atoms with Gasteiger partial charge < -0.3 is 20.6 Å². The molecule has 3 aromatic heterocycles. The van der Waals surface area contributed by atoms with Crippen LogP contribution in [0, 0.1) is 59.2 Å². The first-order valence-electron chi connectivity index (χ1n) is 20.1. The molecule has 0 unspecified atom stereocenters. The zero-order valence-corrected chi connectivity index (χ0v) is 36.8. The largest absolute Gasteiger partial charge is 0.389 e. The quantitative estimate of drug-likeness (QED) is 0.116. The predicted molar refractivity (Wildman–Crippen MR) is 245 cm³/mol. The zero-order chi connectivity index (χ0) is 46.3. The fourth-order valence-electron chi connectivity index (χ4n) is 6.75. The SMILES string of the molecule is Cc1ccc(NC(=O)c2cccc(C(C)(C)C#N)c2)cc1-c1cnc(Cl)c(C#N)c1.Cc1ccc(NC(=O)c2ccnc(C(C)(C)C#N)c2)cc1-c1cnc(N2CC(O)C2)c(C#N)c1. The molecular weight excluding hydrogens is 824 g/mol. The number of aliphatic hydroxyl groups excluding tert-OH is 1. The minimum atomic E-state index is -0.806. The molecule has 4 heterocycles. The van der Waals surface area contributed by atoms with Gasteiger partial charge in [-0.15, -0.1) is 0 Å². The highest BCUT2D eigenvalue weighted by Crippen LogP contribution is 2.32. The van der Waals surface area contributed by atoms with Crippen molar-refractivity contribution in [2.45, 2.75) is 58.5 Å². The highest BCUT2D eigenvalue weighted by Gasteiger charge is 2.28. The third-order valence-corrected chi connectivity index (χ3v) is 11.1. The van der Waals surface area contributed by atoms with E-state index in [2.05, 4.69) is 43.8 Å². The Kier molecular flexibility index (Phi) is 13.5. The number of pyridine rings is 3. The maximum absolute atomic E-state index is 12.9. The van der Waals surface area contributed by atoms with Gasteiger partial charge >= 0.3 is 0 Å². The van der Waals surface area contributed by atoms with Crippen LogP contribution in [0.25, 0.3) is 22.3 Å². The maximum Gasteiger partial charge on any atom is 0.255 e. The van der Waals surface area contributed by atoms with Crippen LogP contribution in [-0.4, -0.2) is 51.1 Å². The van der Waals surface area contributed by atoms with Gasteiger partial charge in [-0.2, -0.15) is 21.0 Å². The molecule has 0 spiro atoms. The van der Waals surface area contributed by atoms with Crippen LogP contribution in [0.4, 0.5) is 17.2 Å². The molecule has 0 aliphatic carbocycles. The molecule has 1 saturated heterocycles. The van der Waals surface area contributed by atoms with Gasteiger partial charge in [-0.05, 0) is 130 Å². The minimum absolute atomic E-state index is 0.156. The number of carbonyl (C=O) groups is 2. The first-order valence-corrected chi connectivity index (χ1v) is 20.5. The topological polar surface area (TPSA) is 216 Å². The van der Waals surface area contributed by atoms with E-state index in [0.717, 1.165) is 38.9 Å². The molecule has 6 aromatic rings. The number of β-amino-alcohol motifs (C(OH)–C–C–N with tert-alkyl or cyclic N) is 1. The summed E-state index contributed by atoms with van der Waals surface area (Å²) in [4.78, 5) is 40.3. The van der Waals surface area contributed by atoms with E-state index in [4.69, 9.17) is 11.6 Å². The molecule has 0 bridgehead atoms. The molecule has 1 fully saturated rings. The predicted octanol–water partition coefficient (Wildman–Crippen LogP) is 9.19. The van der Waals surface area contributed by atoms with Crippen LogP contribution < -0.4 is 15.5 Å². The Morgan fingerprint density at radius 3 is 1.80 bits per heavy atom. The molecule has 0 saturated carbocycles. The summed E-state index contributed by atoms with van der Waals surface area (Å²) in [5.41, 5.74) is 7.74. The molecule has 13 nitrogen and oxygen atoms in total. The summed E-state index contributed by atoms with van der Waals surface area (Å²) in [6.45, 7) is 11.9. The summed E-state index contributed by atoms with van der Waals surface area (Å²) in [6.07, 6.45) is 4.44. The number of aromatic nitrogens is 3. The Bertz CT molecular complexity index is 2970. The monoisotopic (exact) mass is 866 g/mol. The van der Waals surface area contributed by atoms with Crippen molar-refractivity contribution in [1.82, 2.24) is 15.0 Å². The number of anilines is 3. The van der Waals surface area contributed by atoms with Crippen LogP contribution in [0.3, 0.4) is 0 Å². The van der Waals surface area contributed by atoms with Crippen LogP contribution in [0.2, 0.25) is 5.15 Å². The Morgan fingerprint density at radius 2 is 1.25 bits per heavy atom. The minimum Gasteiger partial charge on any atom is -0.389 e. The molecule has 0 radical (unpaired) electrons. The van der Waals surface area contributed by atoms with Gasteiger partial charge in [0.25, 0.3) is 11.8 Å². The molecule has 7 rings (SSSR count). The van der Waals surface area contributed by atoms with Crippen molar-refractivity contribution in [1.29, 1.82) is 21.0 Å². The second-order valence-corrected chi connectivity index (χ2v) is 16.7. The number of aliphatic hydroxyl groups is 1. The van der Waals surface area contributed by atoms with Gasteiger partial charge in [0, 0.05) is 65.3 Å². The van der Waals surface area contributed by atoms with E-state index in [-0.39, 0.29) is 17.0 Å². The molecule has 14 heteroatoms. The molecule has 3 N–H and O–H groups in total. The number of benzene rings is 3. The summed E-state index contributed by atoms with van der Waals surface area (Å²) in [5, 5.41) is 53.1. The van der Waals surface area contributed by atoms with E-state index < -0.39 is 16.9 Å². The fraction of sp³-hybridized carbons (Fsp3) is 0.220. The lowest BCUT2D eigenvalue weighted by atomic mass is 9.85. The molecule has 2 amide bonds. The molecule has 318 valence electrons. The third kappa shape index (κ3) is 10.2. The van der Waals surface area contributed by atoms with Crippen molar-refractivity contribution in [3.05, 3.63) is 153 Å². The van der Waals surface area contributed by atoms with Crippen molar-refractivity contribution in [2.75, 3.05) is 28.6 Å². The number of halogens is 1. The van der Waals surface area contributed by atoms with Crippen molar-refractivity contribution < 1.29 is 14.7 Å². The number of carbonyl (C=O) groups excluding carboxylic acids is 2. The fourth-order valence-corrected chi connectivity index (χ4v) is 6.90. The van der Waals surface area contributed by atoms with Crippen LogP contribution in [0.1, 0.15) is 81.9 Å². The van der Waals surface area contributed by atoms with Gasteiger partial charge in [0.05, 0.1) is 45.9 Å². The van der Waals surface area contributed by atoms with Gasteiger partial charge in [-0.25, -0.2) is 9.97 Å². The first kappa shape index (κ1) is 45.6. The molecular formula is C50H43ClN10O3. The van der Waals surface area contributed by atoms with Gasteiger partial charge in [0.1, 0.15) is 23.1 Å². The number of nitrogens with one attached hydrogen (secondary N) is 2. The lowest BCUT2D eigenvalue weighted by molar-refractivity contribution is 0.101. The van der Waals surface area contributed by atoms with E-state index >= 15 is 0 Å². The average molecular weight is 867 g/mol. The Labute approximate surface area is 376 Å². The van der Waals surface area contributed by atoms with Crippen LogP contribution in [0.5, 0.6) is 0 Å².